The predicted octanol–water partition coefficient (Wildman–Crippen LogP) is 7.86. The SMILES string of the molecule is COC(=O)C1CCN(c2ccc(C(=O)Nc3nc(-c4ccccc4)c(C#N)s3)cn2)CC1.COC(=O)C1CCNCC1.N#Cc1sc(NC(=O)c2ccc(Cl)nc2)nc1-c1ccccc1. The minimum absolute atomic E-state index is 0.0542. The van der Waals surface area contributed by atoms with E-state index in [1.807, 2.05) is 60.7 Å². The summed E-state index contributed by atoms with van der Waals surface area (Å²) < 4.78 is 9.45. The normalized spacial score (nSPS) is 13.6. The molecule has 0 saturated carbocycles. The van der Waals surface area contributed by atoms with Gasteiger partial charge in [0.2, 0.25) is 0 Å². The van der Waals surface area contributed by atoms with E-state index in [0.717, 1.165) is 65.5 Å². The van der Waals surface area contributed by atoms with Crippen molar-refractivity contribution in [2.45, 2.75) is 25.7 Å². The van der Waals surface area contributed by atoms with Crippen LogP contribution in [0.5, 0.6) is 0 Å². The summed E-state index contributed by atoms with van der Waals surface area (Å²) in [6, 6.07) is 29.6. The van der Waals surface area contributed by atoms with Crippen LogP contribution in [0.25, 0.3) is 22.5 Å². The van der Waals surface area contributed by atoms with Gasteiger partial charge in [-0.3, -0.25) is 29.8 Å². The Morgan fingerprint density at radius 3 is 1.55 bits per heavy atom. The molecule has 16 nitrogen and oxygen atoms in total. The van der Waals surface area contributed by atoms with E-state index in [0.29, 0.717) is 73.6 Å². The number of amides is 2. The Morgan fingerprint density at radius 1 is 0.677 bits per heavy atom. The second-order valence-corrected chi connectivity index (χ2v) is 16.7. The molecule has 6 aromatic rings. The number of thiazole rings is 2. The number of ether oxygens (including phenoxy) is 2. The molecule has 0 aliphatic carbocycles. The lowest BCUT2D eigenvalue weighted by atomic mass is 9.97. The molecule has 2 fully saturated rings. The van der Waals surface area contributed by atoms with Gasteiger partial charge in [0.1, 0.15) is 44.3 Å². The molecule has 2 amide bonds. The number of halogens is 1. The number of pyridine rings is 2. The number of hydrogen-bond donors (Lipinski definition) is 3. The molecule has 0 spiro atoms. The highest BCUT2D eigenvalue weighted by Crippen LogP contribution is 2.32. The van der Waals surface area contributed by atoms with Crippen LogP contribution in [-0.4, -0.2) is 84.1 Å². The summed E-state index contributed by atoms with van der Waals surface area (Å²) >= 11 is 7.96. The van der Waals surface area contributed by atoms with Crippen molar-refractivity contribution in [1.29, 1.82) is 10.5 Å². The van der Waals surface area contributed by atoms with Crippen LogP contribution in [0, 0.1) is 34.5 Å². The third-order valence-corrected chi connectivity index (χ3v) is 12.2. The van der Waals surface area contributed by atoms with Gasteiger partial charge in [0.15, 0.2) is 10.3 Å². The summed E-state index contributed by atoms with van der Waals surface area (Å²) in [5, 5.41) is 28.3. The molecule has 332 valence electrons. The lowest BCUT2D eigenvalue weighted by Crippen LogP contribution is -2.37. The van der Waals surface area contributed by atoms with Crippen LogP contribution >= 0.6 is 34.3 Å². The molecule has 2 saturated heterocycles. The Kier molecular flexibility index (Phi) is 17.2. The van der Waals surface area contributed by atoms with Gasteiger partial charge in [-0.1, -0.05) is 94.9 Å². The molecule has 2 aliphatic rings. The van der Waals surface area contributed by atoms with Crippen molar-refractivity contribution in [2.24, 2.45) is 11.8 Å². The van der Waals surface area contributed by atoms with Crippen molar-refractivity contribution in [3.05, 3.63) is 123 Å². The third kappa shape index (κ3) is 13.0. The van der Waals surface area contributed by atoms with E-state index >= 15 is 0 Å². The number of piperidine rings is 2. The van der Waals surface area contributed by atoms with Gasteiger partial charge in [0.25, 0.3) is 11.8 Å². The topological polar surface area (TPSA) is 225 Å². The number of esters is 2. The van der Waals surface area contributed by atoms with Gasteiger partial charge < -0.3 is 19.7 Å². The molecule has 19 heteroatoms. The lowest BCUT2D eigenvalue weighted by Gasteiger charge is -2.31. The third-order valence-electron chi connectivity index (χ3n) is 10.2. The summed E-state index contributed by atoms with van der Waals surface area (Å²) in [5.74, 6) is -0.0798. The van der Waals surface area contributed by atoms with Gasteiger partial charge in [-0.25, -0.2) is 19.9 Å². The molecule has 6 heterocycles. The molecule has 65 heavy (non-hydrogen) atoms. The van der Waals surface area contributed by atoms with E-state index in [9.17, 15) is 29.7 Å². The molecule has 3 N–H and O–H groups in total. The average molecular weight is 932 g/mol. The van der Waals surface area contributed by atoms with Gasteiger partial charge in [0.05, 0.1) is 37.2 Å². The number of carbonyl (C=O) groups excluding carboxylic acids is 4. The number of methoxy groups -OCH3 is 2. The zero-order chi connectivity index (χ0) is 46.1. The maximum atomic E-state index is 12.7. The van der Waals surface area contributed by atoms with E-state index in [2.05, 4.69) is 57.7 Å². The summed E-state index contributed by atoms with van der Waals surface area (Å²) in [7, 11) is 2.86. The van der Waals surface area contributed by atoms with Crippen molar-refractivity contribution in [3.8, 4) is 34.7 Å². The highest BCUT2D eigenvalue weighted by atomic mass is 35.5. The maximum absolute atomic E-state index is 12.7. The molecular weight excluding hydrogens is 888 g/mol. The first-order valence-corrected chi connectivity index (χ1v) is 22.4. The van der Waals surface area contributed by atoms with Gasteiger partial charge in [0, 0.05) is 36.6 Å². The largest absolute Gasteiger partial charge is 0.469 e. The summed E-state index contributed by atoms with van der Waals surface area (Å²) in [6.07, 6.45) is 6.18. The van der Waals surface area contributed by atoms with Crippen molar-refractivity contribution >= 4 is 74.1 Å². The molecule has 0 unspecified atom stereocenters. The zero-order valence-electron chi connectivity index (χ0n) is 35.3. The minimum atomic E-state index is -0.355. The van der Waals surface area contributed by atoms with Gasteiger partial charge in [-0.2, -0.15) is 10.5 Å². The summed E-state index contributed by atoms with van der Waals surface area (Å²) in [4.78, 5) is 67.5. The summed E-state index contributed by atoms with van der Waals surface area (Å²) in [5.41, 5.74) is 3.52. The number of nitriles is 2. The smallest absolute Gasteiger partial charge is 0.308 e. The fourth-order valence-corrected chi connectivity index (χ4v) is 8.44. The zero-order valence-corrected chi connectivity index (χ0v) is 37.7. The molecule has 0 radical (unpaired) electrons. The Labute approximate surface area is 388 Å². The number of hydrogen-bond acceptors (Lipinski definition) is 16. The first-order chi connectivity index (χ1) is 31.6. The van der Waals surface area contributed by atoms with Crippen LogP contribution in [-0.2, 0) is 19.1 Å². The molecule has 8 rings (SSSR count). The molecule has 2 aromatic carbocycles. The molecule has 0 bridgehead atoms. The average Bonchev–Trinajstić information content (AvgIpc) is 3.98. The number of aromatic nitrogens is 4. The lowest BCUT2D eigenvalue weighted by molar-refractivity contribution is -0.147. The monoisotopic (exact) mass is 930 g/mol. The van der Waals surface area contributed by atoms with Crippen LogP contribution in [0.1, 0.15) is 56.2 Å². The Balaban J connectivity index is 0.000000184. The minimum Gasteiger partial charge on any atom is -0.469 e. The van der Waals surface area contributed by atoms with Crippen molar-refractivity contribution in [1.82, 2.24) is 25.3 Å². The predicted molar refractivity (Wildman–Crippen MR) is 248 cm³/mol. The fraction of sp³-hybridized carbons (Fsp3) is 0.261. The molecule has 0 atom stereocenters. The maximum Gasteiger partial charge on any atom is 0.308 e. The number of nitrogens with one attached hydrogen (secondary N) is 3. The molecule has 4 aromatic heterocycles. The summed E-state index contributed by atoms with van der Waals surface area (Å²) in [6.45, 7) is 3.30. The Hall–Kier alpha value is -7.09. The van der Waals surface area contributed by atoms with Crippen molar-refractivity contribution in [2.75, 3.05) is 55.9 Å². The Bertz CT molecular complexity index is 2640. The number of nitrogens with zero attached hydrogens (tertiary/aromatic N) is 7. The molecule has 2 aliphatic heterocycles. The van der Waals surface area contributed by atoms with Gasteiger partial charge >= 0.3 is 11.9 Å². The van der Waals surface area contributed by atoms with Crippen LogP contribution < -0.4 is 20.9 Å². The number of anilines is 3. The molecular formula is C46H43ClN10O6S2. The first-order valence-electron chi connectivity index (χ1n) is 20.3. The fourth-order valence-electron chi connectivity index (χ4n) is 6.77. The van der Waals surface area contributed by atoms with E-state index in [1.165, 1.54) is 32.7 Å². The number of carbonyl (C=O) groups is 4. The van der Waals surface area contributed by atoms with Crippen LogP contribution in [0.2, 0.25) is 5.15 Å². The second kappa shape index (κ2) is 23.6. The quantitative estimate of drug-likeness (QED) is 0.0927. The van der Waals surface area contributed by atoms with E-state index in [4.69, 9.17) is 16.3 Å². The van der Waals surface area contributed by atoms with Crippen LogP contribution in [0.3, 0.4) is 0 Å². The highest BCUT2D eigenvalue weighted by Gasteiger charge is 2.26. The standard InChI is InChI=1S/C23H21N5O3S.C16H9ClN4OS.C7H13NO2/c1-31-22(30)16-9-11-28(12-10-16)19-8-7-17(14-25-19)21(29)27-23-26-20(18(13-24)32-23)15-5-3-2-4-6-15;17-13-7-6-11(9-19-13)15(22)21-16-20-14(12(8-18)23-16)10-4-2-1-3-5-10;1-10-7(9)6-2-4-8-5-3-6/h2-8,14,16H,9-12H2,1H3,(H,26,27,29);1-7,9H,(H,20,21,22);6,8H,2-5H2,1H3. The van der Waals surface area contributed by atoms with E-state index in [-0.39, 0.29) is 35.6 Å². The number of benzene rings is 2. The van der Waals surface area contributed by atoms with E-state index in [1.54, 1.807) is 18.2 Å². The second-order valence-electron chi connectivity index (χ2n) is 14.4. The van der Waals surface area contributed by atoms with Gasteiger partial charge in [-0.05, 0) is 63.0 Å². The van der Waals surface area contributed by atoms with E-state index < -0.39 is 0 Å². The van der Waals surface area contributed by atoms with Crippen LogP contribution in [0.15, 0.2) is 97.3 Å². The van der Waals surface area contributed by atoms with Crippen molar-refractivity contribution in [3.63, 3.8) is 0 Å². The van der Waals surface area contributed by atoms with Crippen molar-refractivity contribution < 1.29 is 28.7 Å². The Morgan fingerprint density at radius 2 is 1.14 bits per heavy atom. The number of rotatable bonds is 9. The first kappa shape index (κ1) is 47.4. The van der Waals surface area contributed by atoms with Gasteiger partial charge in [-0.15, -0.1) is 0 Å². The highest BCUT2D eigenvalue weighted by molar-refractivity contribution is 7.17. The van der Waals surface area contributed by atoms with Crippen LogP contribution in [0.4, 0.5) is 16.1 Å².